The molecule has 0 fully saturated rings. The van der Waals surface area contributed by atoms with Crippen molar-refractivity contribution in [1.29, 1.82) is 0 Å². The van der Waals surface area contributed by atoms with E-state index in [0.29, 0.717) is 5.57 Å². The van der Waals surface area contributed by atoms with E-state index in [1.807, 2.05) is 0 Å². The van der Waals surface area contributed by atoms with Gasteiger partial charge < -0.3 is 10.8 Å². The standard InChI is InChI=1S/C6H11NO2/c1-3-4(2)5(7)6(8)9/h3,5H,7H2,1-2H3,(H,8,9)/t5-/m0/s1. The molecule has 0 aliphatic rings. The van der Waals surface area contributed by atoms with Crippen LogP contribution in [0.25, 0.3) is 0 Å². The molecule has 0 spiro atoms. The maximum Gasteiger partial charge on any atom is 0.324 e. The second kappa shape index (κ2) is 3.25. The summed E-state index contributed by atoms with van der Waals surface area (Å²) in [6, 6.07) is -0.838. The Morgan fingerprint density at radius 2 is 2.22 bits per heavy atom. The summed E-state index contributed by atoms with van der Waals surface area (Å²) in [5.74, 6) is -0.981. The van der Waals surface area contributed by atoms with E-state index in [1.165, 1.54) is 0 Å². The summed E-state index contributed by atoms with van der Waals surface area (Å²) in [4.78, 5) is 10.1. The zero-order chi connectivity index (χ0) is 7.44. The zero-order valence-electron chi connectivity index (χ0n) is 5.59. The van der Waals surface area contributed by atoms with Crippen molar-refractivity contribution in [3.8, 4) is 0 Å². The zero-order valence-corrected chi connectivity index (χ0v) is 5.59. The van der Waals surface area contributed by atoms with E-state index in [2.05, 4.69) is 0 Å². The van der Waals surface area contributed by atoms with Gasteiger partial charge in [0, 0.05) is 0 Å². The van der Waals surface area contributed by atoms with Crippen molar-refractivity contribution in [2.75, 3.05) is 0 Å². The van der Waals surface area contributed by atoms with E-state index in [0.717, 1.165) is 0 Å². The predicted molar refractivity (Wildman–Crippen MR) is 35.0 cm³/mol. The summed E-state index contributed by atoms with van der Waals surface area (Å²) in [6.07, 6.45) is 1.69. The second-order valence-electron chi connectivity index (χ2n) is 1.85. The van der Waals surface area contributed by atoms with E-state index < -0.39 is 12.0 Å². The highest BCUT2D eigenvalue weighted by Crippen LogP contribution is 1.96. The van der Waals surface area contributed by atoms with Crippen molar-refractivity contribution in [3.63, 3.8) is 0 Å². The second-order valence-corrected chi connectivity index (χ2v) is 1.85. The van der Waals surface area contributed by atoms with Gasteiger partial charge in [0.1, 0.15) is 6.04 Å². The molecular formula is C6H11NO2. The molecule has 0 unspecified atom stereocenters. The van der Waals surface area contributed by atoms with E-state index in [4.69, 9.17) is 10.8 Å². The summed E-state index contributed by atoms with van der Waals surface area (Å²) in [7, 11) is 0. The first kappa shape index (κ1) is 8.17. The molecule has 0 saturated carbocycles. The van der Waals surface area contributed by atoms with Crippen molar-refractivity contribution < 1.29 is 9.90 Å². The number of rotatable bonds is 2. The van der Waals surface area contributed by atoms with Gasteiger partial charge in [-0.3, -0.25) is 4.79 Å². The van der Waals surface area contributed by atoms with Gasteiger partial charge in [-0.15, -0.1) is 0 Å². The molecular weight excluding hydrogens is 118 g/mol. The fourth-order valence-electron chi connectivity index (χ4n) is 0.374. The number of carbonyl (C=O) groups is 1. The van der Waals surface area contributed by atoms with Gasteiger partial charge >= 0.3 is 5.97 Å². The number of nitrogens with two attached hydrogens (primary N) is 1. The van der Waals surface area contributed by atoms with Gasteiger partial charge in [0.05, 0.1) is 0 Å². The van der Waals surface area contributed by atoms with Gasteiger partial charge in [-0.05, 0) is 19.4 Å². The fraction of sp³-hybridized carbons (Fsp3) is 0.500. The molecule has 3 heteroatoms. The van der Waals surface area contributed by atoms with E-state index in [9.17, 15) is 4.79 Å². The highest BCUT2D eigenvalue weighted by molar-refractivity contribution is 5.76. The first-order valence-corrected chi connectivity index (χ1v) is 2.70. The molecule has 0 bridgehead atoms. The van der Waals surface area contributed by atoms with Crippen molar-refractivity contribution in [2.24, 2.45) is 5.73 Å². The van der Waals surface area contributed by atoms with Crippen LogP contribution in [-0.4, -0.2) is 17.1 Å². The van der Waals surface area contributed by atoms with Crippen LogP contribution in [0.3, 0.4) is 0 Å². The molecule has 0 aromatic heterocycles. The molecule has 0 saturated heterocycles. The number of hydrogen-bond donors (Lipinski definition) is 2. The Morgan fingerprint density at radius 3 is 2.33 bits per heavy atom. The number of aliphatic carboxylic acids is 1. The minimum Gasteiger partial charge on any atom is -0.480 e. The molecule has 0 rings (SSSR count). The van der Waals surface area contributed by atoms with Gasteiger partial charge in [-0.25, -0.2) is 0 Å². The maximum absolute atomic E-state index is 10.1. The normalized spacial score (nSPS) is 15.2. The van der Waals surface area contributed by atoms with Crippen LogP contribution >= 0.6 is 0 Å². The van der Waals surface area contributed by atoms with Gasteiger partial charge in [-0.2, -0.15) is 0 Å². The summed E-state index contributed by atoms with van der Waals surface area (Å²) >= 11 is 0. The first-order valence-electron chi connectivity index (χ1n) is 2.70. The van der Waals surface area contributed by atoms with Crippen LogP contribution in [0.1, 0.15) is 13.8 Å². The van der Waals surface area contributed by atoms with Gasteiger partial charge in [0.25, 0.3) is 0 Å². The van der Waals surface area contributed by atoms with Crippen LogP contribution in [-0.2, 0) is 4.79 Å². The van der Waals surface area contributed by atoms with E-state index >= 15 is 0 Å². The minimum absolute atomic E-state index is 0.683. The van der Waals surface area contributed by atoms with Crippen LogP contribution in [0.15, 0.2) is 11.6 Å². The summed E-state index contributed by atoms with van der Waals surface area (Å²) < 4.78 is 0. The van der Waals surface area contributed by atoms with Gasteiger partial charge in [0.2, 0.25) is 0 Å². The molecule has 0 radical (unpaired) electrons. The molecule has 0 aliphatic carbocycles. The Hall–Kier alpha value is -0.830. The number of carboxylic acid groups (broad SMARTS) is 1. The lowest BCUT2D eigenvalue weighted by molar-refractivity contribution is -0.137. The van der Waals surface area contributed by atoms with Crippen LogP contribution in [0.2, 0.25) is 0 Å². The third-order valence-electron chi connectivity index (χ3n) is 1.21. The SMILES string of the molecule is CC=C(C)[C@H](N)C(=O)O. The summed E-state index contributed by atoms with van der Waals surface area (Å²) in [6.45, 7) is 3.46. The molecule has 9 heavy (non-hydrogen) atoms. The Balaban J connectivity index is 4.04. The highest BCUT2D eigenvalue weighted by atomic mass is 16.4. The van der Waals surface area contributed by atoms with Gasteiger partial charge in [-0.1, -0.05) is 6.08 Å². The molecule has 0 heterocycles. The number of carboxylic acids is 1. The molecule has 3 nitrogen and oxygen atoms in total. The number of hydrogen-bond acceptors (Lipinski definition) is 2. The molecule has 0 aromatic carbocycles. The predicted octanol–water partition coefficient (Wildman–Crippen LogP) is 0.365. The monoisotopic (exact) mass is 129 g/mol. The molecule has 0 aliphatic heterocycles. The number of allylic oxidation sites excluding steroid dienone is 1. The van der Waals surface area contributed by atoms with Crippen LogP contribution in [0.4, 0.5) is 0 Å². The topological polar surface area (TPSA) is 63.3 Å². The lowest BCUT2D eigenvalue weighted by atomic mass is 10.1. The summed E-state index contributed by atoms with van der Waals surface area (Å²) in [5, 5.41) is 8.32. The fourth-order valence-corrected chi connectivity index (χ4v) is 0.374. The summed E-state index contributed by atoms with van der Waals surface area (Å²) in [5.41, 5.74) is 5.89. The van der Waals surface area contributed by atoms with Crippen LogP contribution in [0.5, 0.6) is 0 Å². The highest BCUT2D eigenvalue weighted by Gasteiger charge is 2.11. The largest absolute Gasteiger partial charge is 0.480 e. The first-order chi connectivity index (χ1) is 4.09. The molecule has 0 amide bonds. The third kappa shape index (κ3) is 2.28. The quantitative estimate of drug-likeness (QED) is 0.529. The van der Waals surface area contributed by atoms with Crippen LogP contribution in [0, 0.1) is 0 Å². The average molecular weight is 129 g/mol. The van der Waals surface area contributed by atoms with Gasteiger partial charge in [0.15, 0.2) is 0 Å². The van der Waals surface area contributed by atoms with Crippen molar-refractivity contribution in [3.05, 3.63) is 11.6 Å². The Kier molecular flexibility index (Phi) is 2.95. The molecule has 1 atom stereocenters. The van der Waals surface area contributed by atoms with E-state index in [1.54, 1.807) is 19.9 Å². The Bertz CT molecular complexity index is 140. The lowest BCUT2D eigenvalue weighted by Crippen LogP contribution is -2.30. The molecule has 52 valence electrons. The lowest BCUT2D eigenvalue weighted by Gasteiger charge is -2.03. The average Bonchev–Trinajstić information content (AvgIpc) is 1.84. The maximum atomic E-state index is 10.1. The molecule has 0 aromatic rings. The van der Waals surface area contributed by atoms with Crippen LogP contribution < -0.4 is 5.73 Å². The smallest absolute Gasteiger partial charge is 0.324 e. The van der Waals surface area contributed by atoms with Crippen molar-refractivity contribution in [2.45, 2.75) is 19.9 Å². The third-order valence-corrected chi connectivity index (χ3v) is 1.21. The van der Waals surface area contributed by atoms with Crippen molar-refractivity contribution in [1.82, 2.24) is 0 Å². The Morgan fingerprint density at radius 1 is 1.78 bits per heavy atom. The van der Waals surface area contributed by atoms with Crippen molar-refractivity contribution >= 4 is 5.97 Å². The molecule has 3 N–H and O–H groups in total. The minimum atomic E-state index is -0.981. The Labute approximate surface area is 54.2 Å². The van der Waals surface area contributed by atoms with E-state index in [-0.39, 0.29) is 0 Å².